The molecule has 0 amide bonds. The number of hydrogen-bond acceptors (Lipinski definition) is 8. The Hall–Kier alpha value is -7.28. The summed E-state index contributed by atoms with van der Waals surface area (Å²) in [4.78, 5) is 104. The van der Waals surface area contributed by atoms with Crippen molar-refractivity contribution in [3.05, 3.63) is 220 Å². The molecule has 5 aromatic carbocycles. The molecule has 0 aliphatic rings. The molecule has 0 spiro atoms. The molecule has 12 nitrogen and oxygen atoms in total. The number of nitrogens with zero attached hydrogens (tertiary/aromatic N) is 3. The van der Waals surface area contributed by atoms with Crippen molar-refractivity contribution in [1.29, 1.82) is 0 Å². The minimum absolute atomic E-state index is 0.0327. The molecule has 1 N–H and O–H groups in total. The lowest BCUT2D eigenvalue weighted by molar-refractivity contribution is -0.127. The second-order valence-corrected chi connectivity index (χ2v) is 17.6. The Bertz CT molecular complexity index is 3110. The highest BCUT2D eigenvalue weighted by atomic mass is 35.5. The summed E-state index contributed by atoms with van der Waals surface area (Å²) >= 11 is 11.9. The molecule has 0 bridgehead atoms. The van der Waals surface area contributed by atoms with Crippen LogP contribution < -0.4 is 22.5 Å². The molecular formula is C54H50Cl2N4O8. The van der Waals surface area contributed by atoms with Crippen molar-refractivity contribution in [1.82, 2.24) is 18.7 Å². The lowest BCUT2D eigenvalue weighted by Crippen LogP contribution is -2.42. The Morgan fingerprint density at radius 3 is 1.46 bits per heavy atom. The van der Waals surface area contributed by atoms with Crippen LogP contribution in [0, 0.1) is 18.8 Å². The Morgan fingerprint density at radius 2 is 0.985 bits per heavy atom. The number of aromatic amines is 1. The maximum atomic E-state index is 13.6. The highest BCUT2D eigenvalue weighted by molar-refractivity contribution is 6.30. The number of aromatic nitrogens is 4. The minimum Gasteiger partial charge on any atom is -0.307 e. The quantitative estimate of drug-likeness (QED) is 0.0896. The smallest absolute Gasteiger partial charge is 0.307 e. The summed E-state index contributed by atoms with van der Waals surface area (Å²) in [7, 11) is 0. The van der Waals surface area contributed by atoms with Gasteiger partial charge in [-0.2, -0.15) is 0 Å². The Kier molecular flexibility index (Phi) is 17.3. The van der Waals surface area contributed by atoms with Crippen LogP contribution in [-0.4, -0.2) is 41.8 Å². The summed E-state index contributed by atoms with van der Waals surface area (Å²) in [5, 5.41) is 1.08. The van der Waals surface area contributed by atoms with E-state index in [-0.39, 0.29) is 49.1 Å². The summed E-state index contributed by atoms with van der Waals surface area (Å²) in [6, 6.07) is 42.8. The first-order chi connectivity index (χ1) is 32.5. The number of hydrogen-bond donors (Lipinski definition) is 1. The second-order valence-electron chi connectivity index (χ2n) is 16.7. The average molecular weight is 954 g/mol. The molecule has 2 aromatic heterocycles. The van der Waals surface area contributed by atoms with Crippen LogP contribution in [0.25, 0.3) is 22.5 Å². The van der Waals surface area contributed by atoms with Crippen molar-refractivity contribution >= 4 is 46.3 Å². The van der Waals surface area contributed by atoms with Gasteiger partial charge in [-0.1, -0.05) is 138 Å². The van der Waals surface area contributed by atoms with E-state index in [0.717, 1.165) is 31.4 Å². The van der Waals surface area contributed by atoms with Gasteiger partial charge < -0.3 is 4.98 Å². The van der Waals surface area contributed by atoms with Gasteiger partial charge in [-0.15, -0.1) is 0 Å². The minimum atomic E-state index is -0.678. The molecule has 0 aliphatic heterocycles. The summed E-state index contributed by atoms with van der Waals surface area (Å²) in [5.74, 6) is -1.93. The molecule has 0 radical (unpaired) electrons. The number of benzene rings is 5. The first-order valence-corrected chi connectivity index (χ1v) is 22.7. The molecule has 7 aromatic rings. The van der Waals surface area contributed by atoms with Crippen LogP contribution in [0.1, 0.15) is 48.9 Å². The Balaban J connectivity index is 0.000000230. The Labute approximate surface area is 402 Å². The number of aryl methyl sites for hydroxylation is 1. The van der Waals surface area contributed by atoms with Crippen molar-refractivity contribution in [2.75, 3.05) is 0 Å². The number of Topliss-reactive ketones (excluding diaryl/α,β-unsaturated/α-hetero) is 4. The summed E-state index contributed by atoms with van der Waals surface area (Å²) in [5.41, 5.74) is 3.52. The van der Waals surface area contributed by atoms with Crippen LogP contribution in [0.15, 0.2) is 165 Å². The maximum Gasteiger partial charge on any atom is 0.332 e. The number of carbonyl (C=O) groups excluding carboxylic acids is 4. The maximum absolute atomic E-state index is 13.6. The average Bonchev–Trinajstić information content (AvgIpc) is 3.31. The molecule has 2 atom stereocenters. The predicted octanol–water partition coefficient (Wildman–Crippen LogP) is 8.36. The number of nitrogens with one attached hydrogen (secondary N) is 1. The van der Waals surface area contributed by atoms with Crippen molar-refractivity contribution in [3.8, 4) is 22.5 Å². The zero-order valence-corrected chi connectivity index (χ0v) is 39.3. The van der Waals surface area contributed by atoms with E-state index in [4.69, 9.17) is 23.2 Å². The van der Waals surface area contributed by atoms with Crippen LogP contribution >= 0.6 is 23.2 Å². The fourth-order valence-corrected chi connectivity index (χ4v) is 7.90. The molecule has 14 heteroatoms. The second kappa shape index (κ2) is 23.4. The molecule has 348 valence electrons. The van der Waals surface area contributed by atoms with E-state index in [9.17, 15) is 38.4 Å². The summed E-state index contributed by atoms with van der Waals surface area (Å²) < 4.78 is 3.30. The normalized spacial score (nSPS) is 11.8. The number of halogens is 2. The molecule has 0 saturated carbocycles. The van der Waals surface area contributed by atoms with Gasteiger partial charge in [0, 0.05) is 46.9 Å². The van der Waals surface area contributed by atoms with Crippen LogP contribution in [0.2, 0.25) is 10.0 Å². The van der Waals surface area contributed by atoms with Crippen molar-refractivity contribution < 1.29 is 19.2 Å². The van der Waals surface area contributed by atoms with E-state index in [1.165, 1.54) is 30.5 Å². The van der Waals surface area contributed by atoms with Crippen LogP contribution in [-0.2, 0) is 51.7 Å². The number of carbonyl (C=O) groups is 4. The van der Waals surface area contributed by atoms with E-state index in [1.807, 2.05) is 91.9 Å². The molecule has 0 fully saturated rings. The van der Waals surface area contributed by atoms with Gasteiger partial charge in [0.05, 0.1) is 31.0 Å². The van der Waals surface area contributed by atoms with Gasteiger partial charge in [0.2, 0.25) is 0 Å². The van der Waals surface area contributed by atoms with Gasteiger partial charge in [0.1, 0.15) is 11.6 Å². The zero-order chi connectivity index (χ0) is 48.9. The van der Waals surface area contributed by atoms with Crippen molar-refractivity contribution in [2.45, 2.75) is 66.1 Å². The number of H-pyrrole nitrogens is 1. The molecular weight excluding hydrogens is 904 g/mol. The molecule has 68 heavy (non-hydrogen) atoms. The topological polar surface area (TPSA) is 167 Å². The monoisotopic (exact) mass is 952 g/mol. The van der Waals surface area contributed by atoms with Gasteiger partial charge in [-0.25, -0.2) is 9.59 Å². The molecule has 2 unspecified atom stereocenters. The Morgan fingerprint density at radius 1 is 0.529 bits per heavy atom. The van der Waals surface area contributed by atoms with E-state index in [0.29, 0.717) is 45.4 Å². The van der Waals surface area contributed by atoms with Gasteiger partial charge in [-0.3, -0.25) is 42.5 Å². The lowest BCUT2D eigenvalue weighted by atomic mass is 9.91. The van der Waals surface area contributed by atoms with Gasteiger partial charge in [0.25, 0.3) is 11.1 Å². The summed E-state index contributed by atoms with van der Waals surface area (Å²) in [6.45, 7) is 4.32. The van der Waals surface area contributed by atoms with Crippen LogP contribution in [0.3, 0.4) is 0 Å². The number of ketones is 4. The van der Waals surface area contributed by atoms with Crippen LogP contribution in [0.4, 0.5) is 0 Å². The standard InChI is InChI=1S/C31H29ClN2O4.C23H21ClN2O4/c1-21-8-10-24(11-9-21)19-33-29(25-12-14-27(32)15-13-25)18-30(37)34(31(33)38)20-28(36)17-26(22(2)35)16-23-6-4-3-5-7-23;1-15(27)18(11-16-5-3-2-4-6-16)12-20(28)14-26-22(29)13-21(25-23(26)30)17-7-9-19(24)10-8-17/h3-15,18,26H,16-17,19-20H2,1-2H3;2-10,13,18H,11-12,14H2,1H3,(H,25,30). The van der Waals surface area contributed by atoms with Gasteiger partial charge in [0.15, 0.2) is 11.6 Å². The van der Waals surface area contributed by atoms with E-state index >= 15 is 0 Å². The third-order valence-electron chi connectivity index (χ3n) is 11.5. The summed E-state index contributed by atoms with van der Waals surface area (Å²) in [6.07, 6.45) is 0.773. The fraction of sp³-hybridized carbons (Fsp3) is 0.222. The molecule has 0 aliphatic carbocycles. The largest absolute Gasteiger partial charge is 0.332 e. The SMILES string of the molecule is CC(=O)C(CC(=O)Cn1c(=O)cc(-c2ccc(Cl)cc2)[nH]c1=O)Cc1ccccc1.CC(=O)C(CC(=O)Cn1c(=O)cc(-c2ccc(Cl)cc2)n(Cc2ccc(C)cc2)c1=O)Cc1ccccc1. The van der Waals surface area contributed by atoms with E-state index < -0.39 is 40.9 Å². The molecule has 2 heterocycles. The zero-order valence-electron chi connectivity index (χ0n) is 37.8. The predicted molar refractivity (Wildman–Crippen MR) is 265 cm³/mol. The van der Waals surface area contributed by atoms with Crippen molar-refractivity contribution in [2.24, 2.45) is 11.8 Å². The van der Waals surface area contributed by atoms with Gasteiger partial charge in [-0.05, 0) is 85.7 Å². The fourth-order valence-electron chi connectivity index (χ4n) is 7.65. The highest BCUT2D eigenvalue weighted by Gasteiger charge is 2.23. The number of rotatable bonds is 18. The van der Waals surface area contributed by atoms with E-state index in [1.54, 1.807) is 48.5 Å². The third-order valence-corrected chi connectivity index (χ3v) is 12.0. The van der Waals surface area contributed by atoms with Crippen molar-refractivity contribution in [3.63, 3.8) is 0 Å². The third kappa shape index (κ3) is 13.9. The van der Waals surface area contributed by atoms with E-state index in [2.05, 4.69) is 4.98 Å². The van der Waals surface area contributed by atoms with Gasteiger partial charge >= 0.3 is 11.4 Å². The highest BCUT2D eigenvalue weighted by Crippen LogP contribution is 2.22. The van der Waals surface area contributed by atoms with Crippen LogP contribution in [0.5, 0.6) is 0 Å². The lowest BCUT2D eigenvalue weighted by Gasteiger charge is -2.17. The molecule has 0 saturated heterocycles. The molecule has 7 rings (SSSR count). The first-order valence-electron chi connectivity index (χ1n) is 21.9. The first kappa shape index (κ1) is 50.1.